The molecule has 2 rings (SSSR count). The zero-order valence-electron chi connectivity index (χ0n) is 16.0. The van der Waals surface area contributed by atoms with Gasteiger partial charge in [-0.25, -0.2) is 4.79 Å². The largest absolute Gasteiger partial charge is 0.479 e. The third-order valence-corrected chi connectivity index (χ3v) is 5.01. The van der Waals surface area contributed by atoms with Crippen molar-refractivity contribution in [3.8, 4) is 0 Å². The van der Waals surface area contributed by atoms with E-state index in [0.717, 1.165) is 29.8 Å². The fourth-order valence-electron chi connectivity index (χ4n) is 2.91. The van der Waals surface area contributed by atoms with Crippen LogP contribution in [0.4, 0.5) is 13.2 Å². The number of carboxylic acid groups (broad SMARTS) is 1. The van der Waals surface area contributed by atoms with Crippen molar-refractivity contribution < 1.29 is 31.5 Å². The Balaban J connectivity index is 2.57. The first-order valence-electron chi connectivity index (χ1n) is 8.58. The van der Waals surface area contributed by atoms with E-state index in [-0.39, 0.29) is 16.5 Å². The number of aliphatic carboxylic acids is 1. The molecule has 0 saturated heterocycles. The number of alkyl halides is 3. The topological polar surface area (TPSA) is 83.8 Å². The Kier molecular flexibility index (Phi) is 6.22. The van der Waals surface area contributed by atoms with Crippen molar-refractivity contribution in [2.24, 2.45) is 4.36 Å². The molecule has 0 aliphatic rings. The van der Waals surface area contributed by atoms with Gasteiger partial charge in [0, 0.05) is 6.42 Å². The Morgan fingerprint density at radius 1 is 0.897 bits per heavy atom. The molecule has 0 aliphatic carbocycles. The number of benzene rings is 2. The second kappa shape index (κ2) is 7.98. The van der Waals surface area contributed by atoms with Crippen molar-refractivity contribution >= 4 is 16.5 Å². The average molecular weight is 427 g/mol. The van der Waals surface area contributed by atoms with E-state index in [1.54, 1.807) is 12.1 Å². The summed E-state index contributed by atoms with van der Waals surface area (Å²) in [5.41, 5.74) is -2.07. The molecule has 2 aromatic rings. The van der Waals surface area contributed by atoms with Gasteiger partial charge in [-0.1, -0.05) is 57.2 Å². The molecule has 0 spiro atoms. The van der Waals surface area contributed by atoms with E-state index >= 15 is 0 Å². The second-order valence-electron chi connectivity index (χ2n) is 7.67. The predicted octanol–water partition coefficient (Wildman–Crippen LogP) is 4.59. The lowest BCUT2D eigenvalue weighted by Gasteiger charge is -2.26. The first kappa shape index (κ1) is 22.6. The summed E-state index contributed by atoms with van der Waals surface area (Å²) in [6, 6.07) is 10.2. The minimum Gasteiger partial charge on any atom is -0.479 e. The standard InChI is InChI=1S/C20H20F3NO4S/c1-18(2,3)14-8-10-15(11-9-14)19(17(25)26,24-29(27)28)12-13-4-6-16(7-5-13)20(21,22)23/h4-11H,12H2,1-3H3,(H,25,26). The molecule has 0 amide bonds. The van der Waals surface area contributed by atoms with Gasteiger partial charge in [0.2, 0.25) is 5.54 Å². The van der Waals surface area contributed by atoms with Crippen LogP contribution in [0.2, 0.25) is 0 Å². The Hall–Kier alpha value is -2.68. The van der Waals surface area contributed by atoms with Crippen LogP contribution >= 0.6 is 0 Å². The quantitative estimate of drug-likeness (QED) is 0.757. The molecule has 0 aromatic heterocycles. The van der Waals surface area contributed by atoms with Crippen molar-refractivity contribution in [3.05, 3.63) is 70.8 Å². The molecule has 29 heavy (non-hydrogen) atoms. The Morgan fingerprint density at radius 2 is 1.34 bits per heavy atom. The smallest absolute Gasteiger partial charge is 0.416 e. The Bertz CT molecular complexity index is 1010. The number of nitrogens with zero attached hydrogens (tertiary/aromatic N) is 1. The number of rotatable bonds is 5. The maximum absolute atomic E-state index is 12.8. The zero-order valence-corrected chi connectivity index (χ0v) is 16.8. The summed E-state index contributed by atoms with van der Waals surface area (Å²) in [5.74, 6) is -1.52. The molecule has 5 nitrogen and oxygen atoms in total. The summed E-state index contributed by atoms with van der Waals surface area (Å²) in [5, 5.41) is 9.85. The van der Waals surface area contributed by atoms with Crippen molar-refractivity contribution in [2.75, 3.05) is 0 Å². The fraction of sp³-hybridized carbons (Fsp3) is 0.350. The molecule has 9 heteroatoms. The van der Waals surface area contributed by atoms with E-state index < -0.39 is 40.2 Å². The summed E-state index contributed by atoms with van der Waals surface area (Å²) >= 11 is 0. The first-order chi connectivity index (χ1) is 13.3. The number of hydrogen-bond acceptors (Lipinski definition) is 4. The van der Waals surface area contributed by atoms with E-state index in [1.807, 2.05) is 20.8 Å². The van der Waals surface area contributed by atoms with Gasteiger partial charge in [0.05, 0.1) is 5.56 Å². The molecule has 0 saturated carbocycles. The highest BCUT2D eigenvalue weighted by molar-refractivity contribution is 7.61. The molecule has 1 unspecified atom stereocenters. The van der Waals surface area contributed by atoms with Gasteiger partial charge >= 0.3 is 22.6 Å². The highest BCUT2D eigenvalue weighted by Gasteiger charge is 2.42. The van der Waals surface area contributed by atoms with Gasteiger partial charge in [-0.2, -0.15) is 21.6 Å². The minimum absolute atomic E-state index is 0.113. The zero-order chi connectivity index (χ0) is 22.0. The lowest BCUT2D eigenvalue weighted by atomic mass is 9.81. The first-order valence-corrected chi connectivity index (χ1v) is 9.62. The van der Waals surface area contributed by atoms with E-state index in [1.165, 1.54) is 12.1 Å². The molecule has 156 valence electrons. The van der Waals surface area contributed by atoms with Gasteiger partial charge in [0.25, 0.3) is 0 Å². The van der Waals surface area contributed by atoms with E-state index in [9.17, 15) is 31.5 Å². The Morgan fingerprint density at radius 3 is 1.72 bits per heavy atom. The fourth-order valence-corrected chi connectivity index (χ4v) is 3.41. The van der Waals surface area contributed by atoms with Gasteiger partial charge < -0.3 is 5.11 Å². The van der Waals surface area contributed by atoms with Crippen LogP contribution in [0.1, 0.15) is 43.0 Å². The summed E-state index contributed by atoms with van der Waals surface area (Å²) in [6.07, 6.45) is -4.96. The molecule has 1 N–H and O–H groups in total. The highest BCUT2D eigenvalue weighted by atomic mass is 32.2. The number of hydrogen-bond donors (Lipinski definition) is 1. The molecular formula is C20H20F3NO4S. The third-order valence-electron chi connectivity index (χ3n) is 4.55. The van der Waals surface area contributed by atoms with E-state index in [4.69, 9.17) is 0 Å². The predicted molar refractivity (Wildman–Crippen MR) is 101 cm³/mol. The summed E-state index contributed by atoms with van der Waals surface area (Å²) in [4.78, 5) is 12.1. The van der Waals surface area contributed by atoms with Crippen molar-refractivity contribution in [3.63, 3.8) is 0 Å². The van der Waals surface area contributed by atoms with E-state index in [2.05, 4.69) is 4.36 Å². The molecule has 0 bridgehead atoms. The molecule has 1 atom stereocenters. The summed E-state index contributed by atoms with van der Waals surface area (Å²) in [6.45, 7) is 5.89. The van der Waals surface area contributed by atoms with Crippen LogP contribution in [0, 0.1) is 0 Å². The monoisotopic (exact) mass is 427 g/mol. The maximum atomic E-state index is 12.8. The van der Waals surface area contributed by atoms with Crippen LogP contribution in [-0.2, 0) is 38.8 Å². The average Bonchev–Trinajstić information content (AvgIpc) is 2.59. The second-order valence-corrected chi connectivity index (χ2v) is 8.29. The van der Waals surface area contributed by atoms with Gasteiger partial charge in [-0.3, -0.25) is 0 Å². The molecule has 0 radical (unpaired) electrons. The molecule has 2 aromatic carbocycles. The normalized spacial score (nSPS) is 14.1. The van der Waals surface area contributed by atoms with Crippen LogP contribution in [0.3, 0.4) is 0 Å². The maximum Gasteiger partial charge on any atom is 0.416 e. The number of carbonyl (C=O) groups is 1. The van der Waals surface area contributed by atoms with Gasteiger partial charge in [0.15, 0.2) is 0 Å². The van der Waals surface area contributed by atoms with Crippen LogP contribution in [0.15, 0.2) is 52.9 Å². The lowest BCUT2D eigenvalue weighted by Crippen LogP contribution is -2.36. The van der Waals surface area contributed by atoms with Crippen molar-refractivity contribution in [2.45, 2.75) is 44.3 Å². The van der Waals surface area contributed by atoms with E-state index in [0.29, 0.717) is 0 Å². The highest BCUT2D eigenvalue weighted by Crippen LogP contribution is 2.34. The van der Waals surface area contributed by atoms with Crippen LogP contribution < -0.4 is 0 Å². The molecule has 0 aliphatic heterocycles. The molecular weight excluding hydrogens is 407 g/mol. The van der Waals surface area contributed by atoms with Gasteiger partial charge in [-0.05, 0) is 34.2 Å². The molecule has 0 heterocycles. The third kappa shape index (κ3) is 5.23. The SMILES string of the molecule is CC(C)(C)c1ccc(C(Cc2ccc(C(F)(F)F)cc2)(N=S(=O)=O)C(=O)O)cc1. The van der Waals surface area contributed by atoms with Crippen LogP contribution in [0.5, 0.6) is 0 Å². The van der Waals surface area contributed by atoms with Gasteiger partial charge in [0.1, 0.15) is 0 Å². The van der Waals surface area contributed by atoms with Gasteiger partial charge in [-0.15, -0.1) is 4.36 Å². The van der Waals surface area contributed by atoms with Crippen LogP contribution in [-0.4, -0.2) is 19.5 Å². The molecule has 0 fully saturated rings. The summed E-state index contributed by atoms with van der Waals surface area (Å²) < 4.78 is 64.4. The number of carboxylic acids is 1. The summed E-state index contributed by atoms with van der Waals surface area (Å²) in [7, 11) is -3.06. The number of halogens is 3. The van der Waals surface area contributed by atoms with Crippen LogP contribution in [0.25, 0.3) is 0 Å². The lowest BCUT2D eigenvalue weighted by molar-refractivity contribution is -0.143. The minimum atomic E-state index is -4.54. The van der Waals surface area contributed by atoms with Crippen molar-refractivity contribution in [1.82, 2.24) is 0 Å². The van der Waals surface area contributed by atoms with Crippen molar-refractivity contribution in [1.29, 1.82) is 0 Å². The Labute approximate surface area is 167 Å².